The van der Waals surface area contributed by atoms with Crippen LogP contribution in [-0.2, 0) is 14.6 Å². The Balaban J connectivity index is 1.93. The molecule has 0 radical (unpaired) electrons. The van der Waals surface area contributed by atoms with Crippen LogP contribution in [0.4, 0.5) is 0 Å². The van der Waals surface area contributed by atoms with Crippen molar-refractivity contribution in [1.29, 1.82) is 0 Å². The molecule has 0 bridgehead atoms. The fourth-order valence-corrected chi connectivity index (χ4v) is 4.65. The first-order valence-corrected chi connectivity index (χ1v) is 8.97. The number of carboxylic acids is 1. The lowest BCUT2D eigenvalue weighted by Crippen LogP contribution is -2.34. The SMILES string of the molecule is O=C(O)/C=C/c1cc(C(=O)NCC2CCCS2(=O)=O)cs1. The van der Waals surface area contributed by atoms with Crippen molar-refractivity contribution in [3.8, 4) is 0 Å². The zero-order chi connectivity index (χ0) is 15.5. The minimum absolute atomic E-state index is 0.122. The molecule has 1 unspecified atom stereocenters. The van der Waals surface area contributed by atoms with Crippen LogP contribution in [0.3, 0.4) is 0 Å². The Kier molecular flexibility index (Phi) is 4.79. The predicted molar refractivity (Wildman–Crippen MR) is 80.1 cm³/mol. The van der Waals surface area contributed by atoms with Gasteiger partial charge < -0.3 is 10.4 Å². The fourth-order valence-electron chi connectivity index (χ4n) is 2.11. The van der Waals surface area contributed by atoms with Gasteiger partial charge in [0.2, 0.25) is 0 Å². The Bertz CT molecular complexity index is 674. The van der Waals surface area contributed by atoms with Crippen LogP contribution in [0.1, 0.15) is 28.1 Å². The van der Waals surface area contributed by atoms with Gasteiger partial charge in [-0.2, -0.15) is 0 Å². The minimum Gasteiger partial charge on any atom is -0.478 e. The molecule has 114 valence electrons. The van der Waals surface area contributed by atoms with Crippen LogP contribution in [0.25, 0.3) is 6.08 Å². The zero-order valence-corrected chi connectivity index (χ0v) is 12.7. The Labute approximate surface area is 126 Å². The second-order valence-electron chi connectivity index (χ2n) is 4.75. The van der Waals surface area contributed by atoms with Crippen molar-refractivity contribution in [3.63, 3.8) is 0 Å². The summed E-state index contributed by atoms with van der Waals surface area (Å²) in [5.41, 5.74) is 0.403. The number of sulfone groups is 1. The van der Waals surface area contributed by atoms with Gasteiger partial charge in [-0.1, -0.05) is 0 Å². The number of thiophene rings is 1. The van der Waals surface area contributed by atoms with Crippen molar-refractivity contribution in [2.24, 2.45) is 0 Å². The number of carboxylic acid groups (broad SMARTS) is 1. The molecule has 0 spiro atoms. The van der Waals surface area contributed by atoms with E-state index in [0.717, 1.165) is 6.08 Å². The second kappa shape index (κ2) is 6.40. The molecule has 2 rings (SSSR count). The molecule has 0 aliphatic carbocycles. The first-order valence-electron chi connectivity index (χ1n) is 6.38. The van der Waals surface area contributed by atoms with Crippen molar-refractivity contribution < 1.29 is 23.1 Å². The molecule has 6 nitrogen and oxygen atoms in total. The van der Waals surface area contributed by atoms with Gasteiger partial charge in [0.15, 0.2) is 9.84 Å². The third kappa shape index (κ3) is 4.15. The highest BCUT2D eigenvalue weighted by molar-refractivity contribution is 7.92. The van der Waals surface area contributed by atoms with Crippen LogP contribution < -0.4 is 5.32 Å². The summed E-state index contributed by atoms with van der Waals surface area (Å²) in [6.45, 7) is 0.122. The number of amides is 1. The maximum atomic E-state index is 11.9. The summed E-state index contributed by atoms with van der Waals surface area (Å²) < 4.78 is 23.3. The van der Waals surface area contributed by atoms with E-state index in [9.17, 15) is 18.0 Å². The highest BCUT2D eigenvalue weighted by Crippen LogP contribution is 2.20. The highest BCUT2D eigenvalue weighted by Gasteiger charge is 2.31. The summed E-state index contributed by atoms with van der Waals surface area (Å²) in [5.74, 6) is -1.21. The van der Waals surface area contributed by atoms with E-state index in [1.165, 1.54) is 17.4 Å². The van der Waals surface area contributed by atoms with Crippen molar-refractivity contribution in [2.45, 2.75) is 18.1 Å². The first-order chi connectivity index (χ1) is 9.88. The van der Waals surface area contributed by atoms with Crippen LogP contribution in [0, 0.1) is 0 Å². The van der Waals surface area contributed by atoms with E-state index < -0.39 is 21.1 Å². The van der Waals surface area contributed by atoms with E-state index >= 15 is 0 Å². The molecule has 1 fully saturated rings. The van der Waals surface area contributed by atoms with E-state index in [2.05, 4.69) is 5.32 Å². The third-order valence-corrected chi connectivity index (χ3v) is 6.40. The molecule has 1 atom stereocenters. The highest BCUT2D eigenvalue weighted by atomic mass is 32.2. The summed E-state index contributed by atoms with van der Waals surface area (Å²) in [4.78, 5) is 23.0. The van der Waals surface area contributed by atoms with Crippen molar-refractivity contribution in [1.82, 2.24) is 5.32 Å². The van der Waals surface area contributed by atoms with Crippen molar-refractivity contribution in [3.05, 3.63) is 28.0 Å². The maximum Gasteiger partial charge on any atom is 0.328 e. The van der Waals surface area contributed by atoms with E-state index in [4.69, 9.17) is 5.11 Å². The monoisotopic (exact) mass is 329 g/mol. The molecule has 21 heavy (non-hydrogen) atoms. The number of aliphatic carboxylic acids is 1. The normalized spacial score (nSPS) is 20.7. The second-order valence-corrected chi connectivity index (χ2v) is 8.09. The van der Waals surface area contributed by atoms with Gasteiger partial charge in [0.1, 0.15) is 0 Å². The van der Waals surface area contributed by atoms with Gasteiger partial charge in [-0.05, 0) is 25.0 Å². The lowest BCUT2D eigenvalue weighted by Gasteiger charge is -2.09. The molecular weight excluding hydrogens is 314 g/mol. The average Bonchev–Trinajstić information content (AvgIpc) is 3.00. The van der Waals surface area contributed by atoms with Crippen LogP contribution in [0.2, 0.25) is 0 Å². The smallest absolute Gasteiger partial charge is 0.328 e. The topological polar surface area (TPSA) is 101 Å². The third-order valence-electron chi connectivity index (χ3n) is 3.23. The van der Waals surface area contributed by atoms with E-state index in [1.807, 2.05) is 0 Å². The molecule has 2 heterocycles. The summed E-state index contributed by atoms with van der Waals surface area (Å²) in [7, 11) is -3.07. The van der Waals surface area contributed by atoms with E-state index in [0.29, 0.717) is 23.3 Å². The number of nitrogens with one attached hydrogen (secondary N) is 1. The largest absolute Gasteiger partial charge is 0.478 e. The minimum atomic E-state index is -3.07. The van der Waals surface area contributed by atoms with Crippen LogP contribution >= 0.6 is 11.3 Å². The average molecular weight is 329 g/mol. The molecule has 1 aromatic rings. The Hall–Kier alpha value is -1.67. The standard InChI is InChI=1S/C13H15NO5S2/c15-12(16)4-3-10-6-9(8-20-10)13(17)14-7-11-2-1-5-21(11,18)19/h3-4,6,8,11H,1-2,5,7H2,(H,14,17)(H,15,16)/b4-3+. The number of hydrogen-bond acceptors (Lipinski definition) is 5. The summed E-state index contributed by atoms with van der Waals surface area (Å²) in [6.07, 6.45) is 3.63. The molecule has 0 saturated carbocycles. The first kappa shape index (κ1) is 15.7. The van der Waals surface area contributed by atoms with Gasteiger partial charge in [-0.25, -0.2) is 13.2 Å². The summed E-state index contributed by atoms with van der Waals surface area (Å²) in [6, 6.07) is 1.57. The predicted octanol–water partition coefficient (Wildman–Crippen LogP) is 1.15. The molecule has 8 heteroatoms. The summed E-state index contributed by atoms with van der Waals surface area (Å²) in [5, 5.41) is 12.3. The van der Waals surface area contributed by atoms with Crippen molar-refractivity contribution >= 4 is 39.1 Å². The molecule has 1 saturated heterocycles. The fraction of sp³-hybridized carbons (Fsp3) is 0.385. The molecule has 2 N–H and O–H groups in total. The van der Waals surface area contributed by atoms with Gasteiger partial charge in [-0.3, -0.25) is 4.79 Å². The van der Waals surface area contributed by atoms with Crippen molar-refractivity contribution in [2.75, 3.05) is 12.3 Å². The maximum absolute atomic E-state index is 11.9. The van der Waals surface area contributed by atoms with Crippen LogP contribution in [0.5, 0.6) is 0 Å². The molecular formula is C13H15NO5S2. The van der Waals surface area contributed by atoms with Gasteiger partial charge >= 0.3 is 5.97 Å². The van der Waals surface area contributed by atoms with Gasteiger partial charge in [0.05, 0.1) is 16.6 Å². The van der Waals surface area contributed by atoms with E-state index in [1.54, 1.807) is 11.4 Å². The molecule has 1 amide bonds. The van der Waals surface area contributed by atoms with Crippen LogP contribution in [-0.4, -0.2) is 42.9 Å². The zero-order valence-electron chi connectivity index (χ0n) is 11.1. The molecule has 1 aromatic heterocycles. The number of rotatable bonds is 5. The molecule has 1 aliphatic rings. The quantitative estimate of drug-likeness (QED) is 0.789. The van der Waals surface area contributed by atoms with Gasteiger partial charge in [0, 0.05) is 22.9 Å². The lowest BCUT2D eigenvalue weighted by atomic mass is 10.2. The lowest BCUT2D eigenvalue weighted by molar-refractivity contribution is -0.131. The number of carbonyl (C=O) groups is 2. The van der Waals surface area contributed by atoms with E-state index in [-0.39, 0.29) is 18.2 Å². The Morgan fingerprint density at radius 2 is 2.24 bits per heavy atom. The Morgan fingerprint density at radius 1 is 1.48 bits per heavy atom. The summed E-state index contributed by atoms with van der Waals surface area (Å²) >= 11 is 1.25. The van der Waals surface area contributed by atoms with Crippen LogP contribution in [0.15, 0.2) is 17.5 Å². The Morgan fingerprint density at radius 3 is 2.86 bits per heavy atom. The molecule has 1 aliphatic heterocycles. The number of carbonyl (C=O) groups excluding carboxylic acids is 1. The number of hydrogen-bond donors (Lipinski definition) is 2. The van der Waals surface area contributed by atoms with Gasteiger partial charge in [-0.15, -0.1) is 11.3 Å². The van der Waals surface area contributed by atoms with Gasteiger partial charge in [0.25, 0.3) is 5.91 Å². The molecule has 0 aromatic carbocycles.